The molecule has 0 saturated carbocycles. The van der Waals surface area contributed by atoms with E-state index in [0.29, 0.717) is 19.6 Å². The van der Waals surface area contributed by atoms with Crippen LogP contribution in [0.15, 0.2) is 24.7 Å². The molecule has 0 radical (unpaired) electrons. The summed E-state index contributed by atoms with van der Waals surface area (Å²) in [4.78, 5) is 10.5. The van der Waals surface area contributed by atoms with Gasteiger partial charge in [0.25, 0.3) is 0 Å². The van der Waals surface area contributed by atoms with E-state index in [-0.39, 0.29) is 5.57 Å². The molecule has 0 heterocycles. The molecular formula is C9H14O4. The highest BCUT2D eigenvalue weighted by Gasteiger charge is 2.03. The molecule has 1 N–H and O–H groups in total. The second kappa shape index (κ2) is 7.21. The van der Waals surface area contributed by atoms with Gasteiger partial charge in [-0.3, -0.25) is 0 Å². The van der Waals surface area contributed by atoms with Gasteiger partial charge in [0.2, 0.25) is 0 Å². The lowest BCUT2D eigenvalue weighted by Crippen LogP contribution is -2.02. The molecule has 0 aromatic carbocycles. The van der Waals surface area contributed by atoms with Crippen molar-refractivity contribution in [1.29, 1.82) is 0 Å². The molecule has 0 atom stereocenters. The van der Waals surface area contributed by atoms with Crippen LogP contribution >= 0.6 is 0 Å². The Morgan fingerprint density at radius 1 is 1.46 bits per heavy atom. The molecule has 0 aromatic rings. The first-order valence-electron chi connectivity index (χ1n) is 3.98. The van der Waals surface area contributed by atoms with E-state index in [4.69, 9.17) is 14.6 Å². The molecule has 0 bridgehead atoms. The lowest BCUT2D eigenvalue weighted by Gasteiger charge is -2.02. The fourth-order valence-corrected chi connectivity index (χ4v) is 0.624. The van der Waals surface area contributed by atoms with Crippen molar-refractivity contribution in [1.82, 2.24) is 0 Å². The van der Waals surface area contributed by atoms with Gasteiger partial charge in [-0.15, -0.1) is 0 Å². The highest BCUT2D eigenvalue weighted by molar-refractivity contribution is 5.86. The first-order valence-corrected chi connectivity index (χ1v) is 3.98. The van der Waals surface area contributed by atoms with Crippen LogP contribution in [0.1, 0.15) is 13.3 Å². The minimum Gasteiger partial charge on any atom is -0.498 e. The van der Waals surface area contributed by atoms with E-state index >= 15 is 0 Å². The van der Waals surface area contributed by atoms with Crippen LogP contribution in [-0.4, -0.2) is 24.3 Å². The Kier molecular flexibility index (Phi) is 6.41. The third kappa shape index (κ3) is 5.78. The molecule has 0 fully saturated rings. The Balaban J connectivity index is 3.67. The quantitative estimate of drug-likeness (QED) is 0.372. The second-order valence-electron chi connectivity index (χ2n) is 2.21. The van der Waals surface area contributed by atoms with Crippen LogP contribution in [0.25, 0.3) is 0 Å². The SMILES string of the molecule is C=COCCOC=C(CC)C(=O)O. The van der Waals surface area contributed by atoms with Crippen LogP contribution < -0.4 is 0 Å². The Morgan fingerprint density at radius 2 is 2.08 bits per heavy atom. The van der Waals surface area contributed by atoms with E-state index in [1.165, 1.54) is 12.5 Å². The number of ether oxygens (including phenoxy) is 2. The number of carboxylic acids is 1. The third-order valence-corrected chi connectivity index (χ3v) is 1.32. The monoisotopic (exact) mass is 186 g/mol. The van der Waals surface area contributed by atoms with Gasteiger partial charge >= 0.3 is 5.97 Å². The van der Waals surface area contributed by atoms with E-state index in [9.17, 15) is 4.79 Å². The van der Waals surface area contributed by atoms with Crippen molar-refractivity contribution < 1.29 is 19.4 Å². The number of rotatable bonds is 7. The Bertz CT molecular complexity index is 196. The van der Waals surface area contributed by atoms with E-state index in [0.717, 1.165) is 0 Å². The predicted octanol–water partition coefficient (Wildman–Crippen LogP) is 1.54. The fraction of sp³-hybridized carbons (Fsp3) is 0.444. The van der Waals surface area contributed by atoms with Gasteiger partial charge in [-0.2, -0.15) is 0 Å². The van der Waals surface area contributed by atoms with Crippen LogP contribution in [0, 0.1) is 0 Å². The van der Waals surface area contributed by atoms with Crippen molar-refractivity contribution in [3.05, 3.63) is 24.7 Å². The predicted molar refractivity (Wildman–Crippen MR) is 48.1 cm³/mol. The summed E-state index contributed by atoms with van der Waals surface area (Å²) in [5.74, 6) is -0.952. The molecule has 0 saturated heterocycles. The Morgan fingerprint density at radius 3 is 2.54 bits per heavy atom. The van der Waals surface area contributed by atoms with Crippen LogP contribution in [0.5, 0.6) is 0 Å². The summed E-state index contributed by atoms with van der Waals surface area (Å²) in [7, 11) is 0. The molecule has 0 spiro atoms. The maximum atomic E-state index is 10.5. The molecule has 74 valence electrons. The molecule has 13 heavy (non-hydrogen) atoms. The van der Waals surface area contributed by atoms with Gasteiger partial charge in [-0.05, 0) is 6.42 Å². The van der Waals surface area contributed by atoms with Gasteiger partial charge in [-0.1, -0.05) is 13.5 Å². The molecule has 0 aliphatic carbocycles. The summed E-state index contributed by atoms with van der Waals surface area (Å²) in [6, 6.07) is 0. The standard InChI is InChI=1S/C9H14O4/c1-3-8(9(10)11)7-13-6-5-12-4-2/h4,7H,2-3,5-6H2,1H3,(H,10,11). The van der Waals surface area contributed by atoms with E-state index in [1.54, 1.807) is 6.92 Å². The summed E-state index contributed by atoms with van der Waals surface area (Å²) in [6.45, 7) is 5.80. The number of carboxylic acid groups (broad SMARTS) is 1. The minimum atomic E-state index is -0.952. The van der Waals surface area contributed by atoms with Crippen molar-refractivity contribution in [3.63, 3.8) is 0 Å². The van der Waals surface area contributed by atoms with Gasteiger partial charge in [0.05, 0.1) is 18.1 Å². The summed E-state index contributed by atoms with van der Waals surface area (Å²) < 4.78 is 9.71. The van der Waals surface area contributed by atoms with Crippen LogP contribution in [0.4, 0.5) is 0 Å². The number of hydrogen-bond acceptors (Lipinski definition) is 3. The van der Waals surface area contributed by atoms with Crippen molar-refractivity contribution in [3.8, 4) is 0 Å². The minimum absolute atomic E-state index is 0.249. The topological polar surface area (TPSA) is 55.8 Å². The van der Waals surface area contributed by atoms with Gasteiger partial charge in [0.1, 0.15) is 13.2 Å². The van der Waals surface area contributed by atoms with Crippen molar-refractivity contribution in [2.75, 3.05) is 13.2 Å². The van der Waals surface area contributed by atoms with Crippen LogP contribution in [-0.2, 0) is 14.3 Å². The lowest BCUT2D eigenvalue weighted by atomic mass is 10.2. The number of hydrogen-bond donors (Lipinski definition) is 1. The van der Waals surface area contributed by atoms with Crippen molar-refractivity contribution >= 4 is 5.97 Å². The zero-order chi connectivity index (χ0) is 10.1. The second-order valence-corrected chi connectivity index (χ2v) is 2.21. The average molecular weight is 186 g/mol. The molecule has 0 unspecified atom stereocenters. The van der Waals surface area contributed by atoms with E-state index < -0.39 is 5.97 Å². The molecular weight excluding hydrogens is 172 g/mol. The number of carbonyl (C=O) groups is 1. The zero-order valence-corrected chi connectivity index (χ0v) is 7.66. The Labute approximate surface area is 77.5 Å². The van der Waals surface area contributed by atoms with Crippen LogP contribution in [0.3, 0.4) is 0 Å². The third-order valence-electron chi connectivity index (χ3n) is 1.32. The van der Waals surface area contributed by atoms with Crippen molar-refractivity contribution in [2.45, 2.75) is 13.3 Å². The molecule has 0 amide bonds. The van der Waals surface area contributed by atoms with Crippen LogP contribution in [0.2, 0.25) is 0 Å². The first-order chi connectivity index (χ1) is 6.22. The van der Waals surface area contributed by atoms with E-state index in [1.807, 2.05) is 0 Å². The maximum Gasteiger partial charge on any atom is 0.334 e. The lowest BCUT2D eigenvalue weighted by molar-refractivity contribution is -0.132. The molecule has 0 aliphatic heterocycles. The zero-order valence-electron chi connectivity index (χ0n) is 7.66. The van der Waals surface area contributed by atoms with Gasteiger partial charge in [0, 0.05) is 0 Å². The fourth-order valence-electron chi connectivity index (χ4n) is 0.624. The van der Waals surface area contributed by atoms with Gasteiger partial charge in [0.15, 0.2) is 0 Å². The Hall–Kier alpha value is -1.45. The molecule has 0 rings (SSSR count). The number of aliphatic carboxylic acids is 1. The summed E-state index contributed by atoms with van der Waals surface area (Å²) in [5, 5.41) is 8.58. The highest BCUT2D eigenvalue weighted by atomic mass is 16.5. The smallest absolute Gasteiger partial charge is 0.334 e. The molecule has 4 nitrogen and oxygen atoms in total. The van der Waals surface area contributed by atoms with Crippen molar-refractivity contribution in [2.24, 2.45) is 0 Å². The summed E-state index contributed by atoms with van der Waals surface area (Å²) in [6.07, 6.45) is 3.00. The molecule has 0 aliphatic rings. The normalized spacial score (nSPS) is 10.7. The largest absolute Gasteiger partial charge is 0.498 e. The highest BCUT2D eigenvalue weighted by Crippen LogP contribution is 2.00. The van der Waals surface area contributed by atoms with Gasteiger partial charge in [-0.25, -0.2) is 4.79 Å². The summed E-state index contributed by atoms with van der Waals surface area (Å²) in [5.41, 5.74) is 0.249. The van der Waals surface area contributed by atoms with Gasteiger partial charge < -0.3 is 14.6 Å². The first kappa shape index (κ1) is 11.6. The maximum absolute atomic E-state index is 10.5. The molecule has 4 heteroatoms. The average Bonchev–Trinajstić information content (AvgIpc) is 2.10. The molecule has 0 aromatic heterocycles. The van der Waals surface area contributed by atoms with E-state index in [2.05, 4.69) is 6.58 Å². The summed E-state index contributed by atoms with van der Waals surface area (Å²) >= 11 is 0.